The van der Waals surface area contributed by atoms with Crippen molar-refractivity contribution in [2.45, 2.75) is 44.1 Å². The number of nitrogens with two attached hydrogens (primary N) is 1. The first kappa shape index (κ1) is 26.7. The van der Waals surface area contributed by atoms with Crippen molar-refractivity contribution in [2.75, 3.05) is 11.9 Å². The highest BCUT2D eigenvalue weighted by Gasteiger charge is 2.59. The fraction of sp³-hybridized carbons (Fsp3) is 0.364. The number of carbonyl (C=O) groups excluding carboxylic acids is 1. The fourth-order valence-corrected chi connectivity index (χ4v) is 3.96. The van der Waals surface area contributed by atoms with E-state index in [0.717, 1.165) is 12.1 Å². The Bertz CT molecular complexity index is 1410. The minimum Gasteiger partial charge on any atom is -0.385 e. The van der Waals surface area contributed by atoms with E-state index in [1.807, 2.05) is 0 Å². The molecule has 1 aliphatic rings. The van der Waals surface area contributed by atoms with Crippen LogP contribution in [0, 0.1) is 5.82 Å². The van der Waals surface area contributed by atoms with Gasteiger partial charge in [0.05, 0.1) is 29.2 Å². The van der Waals surface area contributed by atoms with Crippen LogP contribution in [0.25, 0.3) is 11.0 Å². The summed E-state index contributed by atoms with van der Waals surface area (Å²) in [6.07, 6.45) is -6.11. The van der Waals surface area contributed by atoms with Crippen molar-refractivity contribution in [3.63, 3.8) is 0 Å². The Kier molecular flexibility index (Phi) is 6.61. The molecule has 3 aromatic rings. The number of alkyl halides is 5. The number of pyridine rings is 2. The molecule has 2 unspecified atom stereocenters. The zero-order chi connectivity index (χ0) is 27.3. The highest BCUT2D eigenvalue weighted by molar-refractivity contribution is 6.34. The predicted molar refractivity (Wildman–Crippen MR) is 122 cm³/mol. The molecule has 0 spiro atoms. The van der Waals surface area contributed by atoms with Crippen molar-refractivity contribution >= 4 is 40.2 Å². The minimum absolute atomic E-state index is 0.141. The summed E-state index contributed by atoms with van der Waals surface area (Å²) < 4.78 is 86.6. The minimum atomic E-state index is -4.86. The van der Waals surface area contributed by atoms with E-state index in [1.165, 1.54) is 29.8 Å². The molecule has 0 saturated carbocycles. The van der Waals surface area contributed by atoms with Crippen LogP contribution >= 0.6 is 11.6 Å². The number of nitrogens with zero attached hydrogens (tertiary/aromatic N) is 4. The number of aliphatic imine (C=N–C) groups is 1. The molecule has 4 heterocycles. The number of fused-ring (bicyclic) bond motifs is 1. The summed E-state index contributed by atoms with van der Waals surface area (Å²) in [5.41, 5.74) is 0.814. The van der Waals surface area contributed by atoms with Crippen molar-refractivity contribution in [3.8, 4) is 0 Å². The Balaban J connectivity index is 1.63. The molecule has 3 N–H and O–H groups in total. The first-order chi connectivity index (χ1) is 17.1. The number of anilines is 1. The molecule has 0 saturated heterocycles. The fourth-order valence-electron chi connectivity index (χ4n) is 3.73. The number of hydrogen-bond acceptors (Lipinski definition) is 6. The molecule has 0 aliphatic carbocycles. The maximum atomic E-state index is 14.7. The number of amidine groups is 1. The molecule has 8 nitrogen and oxygen atoms in total. The van der Waals surface area contributed by atoms with Gasteiger partial charge in [-0.15, -0.1) is 0 Å². The van der Waals surface area contributed by atoms with Crippen LogP contribution in [0.15, 0.2) is 35.5 Å². The van der Waals surface area contributed by atoms with Gasteiger partial charge in [-0.25, -0.2) is 23.1 Å². The van der Waals surface area contributed by atoms with Crippen LogP contribution in [0.3, 0.4) is 0 Å². The topological polar surface area (TPSA) is 107 Å². The predicted octanol–water partition coefficient (Wildman–Crippen LogP) is 4.66. The molecule has 15 heteroatoms. The number of halogens is 7. The zero-order valence-electron chi connectivity index (χ0n) is 19.2. The lowest BCUT2D eigenvalue weighted by molar-refractivity contribution is -0.249. The second-order valence-corrected chi connectivity index (χ2v) is 9.06. The summed E-state index contributed by atoms with van der Waals surface area (Å²) in [7, 11) is 0. The van der Waals surface area contributed by atoms with E-state index < -0.39 is 60.1 Å². The van der Waals surface area contributed by atoms with E-state index in [1.54, 1.807) is 0 Å². The highest BCUT2D eigenvalue weighted by atomic mass is 35.5. The first-order valence-electron chi connectivity index (χ1n) is 10.6. The van der Waals surface area contributed by atoms with E-state index in [9.17, 15) is 31.1 Å². The molecule has 198 valence electrons. The van der Waals surface area contributed by atoms with E-state index in [2.05, 4.69) is 20.3 Å². The number of ether oxygens (including phenoxy) is 1. The third-order valence-corrected chi connectivity index (χ3v) is 6.18. The standard InChI is InChI=1S/C22H19ClF6N6O2/c1-20(9-37-21(2,19(30)34-20)22(27,28)29)17-11(24)3-4-15(32-17)33-18(36)16-10(23)7-13-12(31-16)5-6-35(13)8-14(25)26/h3-7,14H,8-9H2,1-2H3,(H2,30,34)(H,32,33,36). The van der Waals surface area contributed by atoms with Crippen LogP contribution in [0.4, 0.5) is 32.2 Å². The molecule has 0 fully saturated rings. The van der Waals surface area contributed by atoms with E-state index in [4.69, 9.17) is 22.1 Å². The number of amides is 1. The van der Waals surface area contributed by atoms with Crippen LogP contribution in [0.2, 0.25) is 5.02 Å². The summed E-state index contributed by atoms with van der Waals surface area (Å²) in [6, 6.07) is 4.79. The van der Waals surface area contributed by atoms with E-state index in [-0.39, 0.29) is 27.6 Å². The number of hydrogen-bond donors (Lipinski definition) is 2. The van der Waals surface area contributed by atoms with Gasteiger partial charge in [0.1, 0.15) is 34.4 Å². The summed E-state index contributed by atoms with van der Waals surface area (Å²) in [5.74, 6) is -2.87. The average Bonchev–Trinajstić information content (AvgIpc) is 3.17. The van der Waals surface area contributed by atoms with Crippen LogP contribution < -0.4 is 11.1 Å². The van der Waals surface area contributed by atoms with Gasteiger partial charge in [0.25, 0.3) is 12.3 Å². The second kappa shape index (κ2) is 9.17. The van der Waals surface area contributed by atoms with Crippen LogP contribution in [0.1, 0.15) is 30.0 Å². The largest absolute Gasteiger partial charge is 0.424 e. The molecule has 3 aromatic heterocycles. The summed E-state index contributed by atoms with van der Waals surface area (Å²) >= 11 is 6.17. The quantitative estimate of drug-likeness (QED) is 0.451. The molecule has 0 aromatic carbocycles. The van der Waals surface area contributed by atoms with Gasteiger partial charge >= 0.3 is 6.18 Å². The highest BCUT2D eigenvalue weighted by Crippen LogP contribution is 2.41. The normalized spacial score (nSPS) is 22.4. The summed E-state index contributed by atoms with van der Waals surface area (Å²) in [6.45, 7) is 0.696. The summed E-state index contributed by atoms with van der Waals surface area (Å²) in [5, 5.41) is 2.25. The van der Waals surface area contributed by atoms with Gasteiger partial charge < -0.3 is 20.4 Å². The van der Waals surface area contributed by atoms with Gasteiger partial charge in [0.15, 0.2) is 0 Å². The number of carbonyl (C=O) groups is 1. The maximum absolute atomic E-state index is 14.7. The third-order valence-electron chi connectivity index (χ3n) is 5.89. The van der Waals surface area contributed by atoms with Crippen LogP contribution in [0.5, 0.6) is 0 Å². The van der Waals surface area contributed by atoms with Crippen molar-refractivity contribution in [1.29, 1.82) is 0 Å². The monoisotopic (exact) mass is 548 g/mol. The lowest BCUT2D eigenvalue weighted by atomic mass is 9.93. The molecule has 0 bridgehead atoms. The Morgan fingerprint density at radius 3 is 2.59 bits per heavy atom. The van der Waals surface area contributed by atoms with Gasteiger partial charge in [-0.2, -0.15) is 13.2 Å². The van der Waals surface area contributed by atoms with Gasteiger partial charge in [0.2, 0.25) is 5.60 Å². The summed E-state index contributed by atoms with van der Waals surface area (Å²) in [4.78, 5) is 24.8. The number of aromatic nitrogens is 3. The van der Waals surface area contributed by atoms with E-state index in [0.29, 0.717) is 6.92 Å². The molecule has 2 atom stereocenters. The Morgan fingerprint density at radius 1 is 1.27 bits per heavy atom. The first-order valence-corrected chi connectivity index (χ1v) is 11.0. The molecule has 0 radical (unpaired) electrons. The van der Waals surface area contributed by atoms with Gasteiger partial charge in [-0.05, 0) is 38.1 Å². The van der Waals surface area contributed by atoms with Crippen molar-refractivity contribution in [3.05, 3.63) is 52.7 Å². The van der Waals surface area contributed by atoms with Crippen molar-refractivity contribution < 1.29 is 35.9 Å². The Labute approximate surface area is 210 Å². The Hall–Kier alpha value is -3.39. The van der Waals surface area contributed by atoms with Gasteiger partial charge in [-0.3, -0.25) is 9.79 Å². The van der Waals surface area contributed by atoms with Crippen molar-refractivity contribution in [1.82, 2.24) is 14.5 Å². The lowest BCUT2D eigenvalue weighted by Gasteiger charge is -2.40. The maximum Gasteiger partial charge on any atom is 0.424 e. The van der Waals surface area contributed by atoms with Gasteiger partial charge in [0, 0.05) is 6.20 Å². The van der Waals surface area contributed by atoms with Crippen LogP contribution in [-0.4, -0.2) is 51.1 Å². The second-order valence-electron chi connectivity index (χ2n) is 8.65. The molecule has 37 heavy (non-hydrogen) atoms. The van der Waals surface area contributed by atoms with Crippen LogP contribution in [-0.2, 0) is 16.8 Å². The third kappa shape index (κ3) is 4.82. The lowest BCUT2D eigenvalue weighted by Crippen LogP contribution is -2.60. The van der Waals surface area contributed by atoms with Gasteiger partial charge in [-0.1, -0.05) is 11.6 Å². The zero-order valence-corrected chi connectivity index (χ0v) is 20.0. The SMILES string of the molecule is CC1(c2nc(NC(=O)c3nc4ccn(CC(F)F)c4cc3Cl)ccc2F)COC(C)(C(F)(F)F)C(N)=N1. The molecular weight excluding hydrogens is 530 g/mol. The molecule has 1 aliphatic heterocycles. The molecular formula is C22H19ClF6N6O2. The van der Waals surface area contributed by atoms with Crippen molar-refractivity contribution in [2.24, 2.45) is 10.7 Å². The Morgan fingerprint density at radius 2 is 1.97 bits per heavy atom. The number of rotatable bonds is 5. The number of nitrogens with one attached hydrogen (secondary N) is 1. The molecule has 4 rings (SSSR count). The average molecular weight is 549 g/mol. The van der Waals surface area contributed by atoms with E-state index >= 15 is 0 Å². The smallest absolute Gasteiger partial charge is 0.385 e. The molecule has 1 amide bonds.